The Bertz CT molecular complexity index is 1150. The number of rotatable bonds is 8. The number of aromatic nitrogens is 3. The summed E-state index contributed by atoms with van der Waals surface area (Å²) in [5.41, 5.74) is 5.43. The van der Waals surface area contributed by atoms with Crippen LogP contribution in [-0.2, 0) is 11.3 Å². The number of aromatic amines is 1. The molecule has 1 aliphatic heterocycles. The van der Waals surface area contributed by atoms with E-state index < -0.39 is 0 Å². The normalized spacial score (nSPS) is 16.0. The van der Waals surface area contributed by atoms with Crippen LogP contribution in [-0.4, -0.2) is 46.7 Å². The van der Waals surface area contributed by atoms with Crippen molar-refractivity contribution in [3.05, 3.63) is 77.4 Å². The molecule has 0 saturated heterocycles. The van der Waals surface area contributed by atoms with E-state index in [0.717, 1.165) is 45.6 Å². The molecule has 0 bridgehead atoms. The van der Waals surface area contributed by atoms with E-state index in [2.05, 4.69) is 33.2 Å². The first kappa shape index (κ1) is 23.7. The second-order valence-corrected chi connectivity index (χ2v) is 7.48. The molecule has 172 valence electrons. The molecule has 3 heterocycles. The Morgan fingerprint density at radius 2 is 2.18 bits per heavy atom. The number of pyridine rings is 1. The number of ether oxygens (including phenoxy) is 1. The number of allylic oxidation sites excluding steroid dienone is 5. The SMILES string of the molecule is C=NN1C=C(c2nc(CN/C(C)=C/C(=C\C)OC)[nH]c2-c2cccc(C)n2)CC=C/C1=N/C. The predicted molar refractivity (Wildman–Crippen MR) is 134 cm³/mol. The molecule has 2 aromatic heterocycles. The first-order chi connectivity index (χ1) is 16.0. The third kappa shape index (κ3) is 5.85. The fourth-order valence-electron chi connectivity index (χ4n) is 3.44. The van der Waals surface area contributed by atoms with Gasteiger partial charge in [0, 0.05) is 36.9 Å². The van der Waals surface area contributed by atoms with Crippen LogP contribution in [0.2, 0.25) is 0 Å². The lowest BCUT2D eigenvalue weighted by molar-refractivity contribution is 0.305. The van der Waals surface area contributed by atoms with Crippen molar-refractivity contribution in [2.24, 2.45) is 10.1 Å². The standard InChI is InChI=1S/C25H31N7O/c1-7-20(33-6)14-18(3)28-15-22-30-24(25(31-22)21-12-8-10-17(2)29-21)19-11-9-13-23(26-4)32(16-19)27-5/h7-10,12-14,16,28H,5,11,15H2,1-4,6H3,(H,30,31)/b18-14+,20-7+,26-23-. The highest BCUT2D eigenvalue weighted by Crippen LogP contribution is 2.30. The first-order valence-corrected chi connectivity index (χ1v) is 10.7. The number of hydrazone groups is 1. The van der Waals surface area contributed by atoms with Crippen LogP contribution >= 0.6 is 0 Å². The minimum atomic E-state index is 0.524. The zero-order chi connectivity index (χ0) is 23.8. The predicted octanol–water partition coefficient (Wildman–Crippen LogP) is 4.57. The first-order valence-electron chi connectivity index (χ1n) is 10.7. The largest absolute Gasteiger partial charge is 0.497 e. The molecule has 0 saturated carbocycles. The van der Waals surface area contributed by atoms with Gasteiger partial charge >= 0.3 is 0 Å². The summed E-state index contributed by atoms with van der Waals surface area (Å²) in [6.07, 6.45) is 10.4. The molecule has 0 spiro atoms. The number of methoxy groups -OCH3 is 1. The van der Waals surface area contributed by atoms with Gasteiger partial charge in [0.2, 0.25) is 0 Å². The van der Waals surface area contributed by atoms with Crippen molar-refractivity contribution in [1.82, 2.24) is 25.3 Å². The molecular formula is C25H31N7O. The molecule has 2 N–H and O–H groups in total. The molecule has 0 aliphatic carbocycles. The third-order valence-corrected chi connectivity index (χ3v) is 5.11. The van der Waals surface area contributed by atoms with Crippen LogP contribution in [0.25, 0.3) is 17.0 Å². The smallest absolute Gasteiger partial charge is 0.148 e. The molecule has 1 aliphatic rings. The lowest BCUT2D eigenvalue weighted by atomic mass is 10.1. The van der Waals surface area contributed by atoms with E-state index in [0.29, 0.717) is 18.8 Å². The van der Waals surface area contributed by atoms with Crippen molar-refractivity contribution >= 4 is 18.1 Å². The summed E-state index contributed by atoms with van der Waals surface area (Å²) in [6.45, 7) is 10.1. The summed E-state index contributed by atoms with van der Waals surface area (Å²) in [5, 5.41) is 9.15. The van der Waals surface area contributed by atoms with Gasteiger partial charge in [-0.05, 0) is 57.6 Å². The van der Waals surface area contributed by atoms with Gasteiger partial charge in [-0.25, -0.2) is 9.99 Å². The number of aryl methyl sites for hydroxylation is 1. The topological polar surface area (TPSA) is 90.8 Å². The average Bonchev–Trinajstić information content (AvgIpc) is 3.14. The van der Waals surface area contributed by atoms with Crippen molar-refractivity contribution in [3.8, 4) is 11.4 Å². The molecular weight excluding hydrogens is 414 g/mol. The summed E-state index contributed by atoms with van der Waals surface area (Å²) in [5.74, 6) is 2.31. The minimum absolute atomic E-state index is 0.524. The quantitative estimate of drug-likeness (QED) is 0.353. The Morgan fingerprint density at radius 3 is 2.85 bits per heavy atom. The number of hydrogen-bond acceptors (Lipinski definition) is 6. The third-order valence-electron chi connectivity index (χ3n) is 5.11. The number of hydrogen-bond donors (Lipinski definition) is 2. The van der Waals surface area contributed by atoms with Crippen LogP contribution in [0.1, 0.15) is 37.5 Å². The van der Waals surface area contributed by atoms with E-state index >= 15 is 0 Å². The molecule has 2 aromatic rings. The van der Waals surface area contributed by atoms with Crippen molar-refractivity contribution in [1.29, 1.82) is 0 Å². The van der Waals surface area contributed by atoms with Crippen LogP contribution in [0, 0.1) is 6.92 Å². The van der Waals surface area contributed by atoms with E-state index in [4.69, 9.17) is 14.7 Å². The molecule has 0 amide bonds. The molecule has 8 nitrogen and oxygen atoms in total. The van der Waals surface area contributed by atoms with Crippen LogP contribution in [0.15, 0.2) is 70.3 Å². The summed E-state index contributed by atoms with van der Waals surface area (Å²) in [7, 11) is 3.39. The Balaban J connectivity index is 2.00. The minimum Gasteiger partial charge on any atom is -0.497 e. The second kappa shape index (κ2) is 11.1. The summed E-state index contributed by atoms with van der Waals surface area (Å²) >= 11 is 0. The van der Waals surface area contributed by atoms with Gasteiger partial charge < -0.3 is 15.0 Å². The summed E-state index contributed by atoms with van der Waals surface area (Å²) in [4.78, 5) is 17.4. The zero-order valence-corrected chi connectivity index (χ0v) is 19.9. The molecule has 0 fully saturated rings. The highest BCUT2D eigenvalue weighted by atomic mass is 16.5. The van der Waals surface area contributed by atoms with Crippen molar-refractivity contribution < 1.29 is 4.74 Å². The monoisotopic (exact) mass is 445 g/mol. The van der Waals surface area contributed by atoms with Gasteiger partial charge in [-0.1, -0.05) is 12.1 Å². The summed E-state index contributed by atoms with van der Waals surface area (Å²) < 4.78 is 5.31. The zero-order valence-electron chi connectivity index (χ0n) is 19.9. The van der Waals surface area contributed by atoms with Gasteiger partial charge in [0.1, 0.15) is 17.4 Å². The molecule has 0 aromatic carbocycles. The maximum Gasteiger partial charge on any atom is 0.148 e. The van der Waals surface area contributed by atoms with Crippen molar-refractivity contribution in [3.63, 3.8) is 0 Å². The van der Waals surface area contributed by atoms with Crippen molar-refractivity contribution in [2.45, 2.75) is 33.7 Å². The highest BCUT2D eigenvalue weighted by molar-refractivity contribution is 5.95. The molecule has 3 rings (SSSR count). The molecule has 8 heteroatoms. The average molecular weight is 446 g/mol. The van der Waals surface area contributed by atoms with Crippen LogP contribution in [0.5, 0.6) is 0 Å². The van der Waals surface area contributed by atoms with E-state index in [1.54, 1.807) is 19.2 Å². The van der Waals surface area contributed by atoms with Crippen LogP contribution in [0.3, 0.4) is 0 Å². The van der Waals surface area contributed by atoms with Gasteiger partial charge in [-0.3, -0.25) is 9.98 Å². The fourth-order valence-corrected chi connectivity index (χ4v) is 3.44. The van der Waals surface area contributed by atoms with Gasteiger partial charge in [0.15, 0.2) is 0 Å². The summed E-state index contributed by atoms with van der Waals surface area (Å²) in [6, 6.07) is 5.96. The maximum atomic E-state index is 5.31. The van der Waals surface area contributed by atoms with Crippen LogP contribution < -0.4 is 5.32 Å². The van der Waals surface area contributed by atoms with E-state index in [1.165, 1.54) is 0 Å². The number of nitrogens with zero attached hydrogens (tertiary/aromatic N) is 5. The van der Waals surface area contributed by atoms with Gasteiger partial charge in [0.25, 0.3) is 0 Å². The fraction of sp³-hybridized carbons (Fsp3) is 0.280. The Kier molecular flexibility index (Phi) is 7.96. The molecule has 33 heavy (non-hydrogen) atoms. The molecule has 0 unspecified atom stereocenters. The second-order valence-electron chi connectivity index (χ2n) is 7.48. The van der Waals surface area contributed by atoms with Gasteiger partial charge in [0.05, 0.1) is 30.7 Å². The van der Waals surface area contributed by atoms with Gasteiger partial charge in [-0.15, -0.1) is 0 Å². The number of aliphatic imine (C=N–C) groups is 1. The molecule has 0 atom stereocenters. The van der Waals surface area contributed by atoms with Gasteiger partial charge in [-0.2, -0.15) is 5.10 Å². The lowest BCUT2D eigenvalue weighted by Gasteiger charge is -2.13. The van der Waals surface area contributed by atoms with E-state index in [-0.39, 0.29) is 0 Å². The highest BCUT2D eigenvalue weighted by Gasteiger charge is 2.19. The Labute approximate surface area is 195 Å². The lowest BCUT2D eigenvalue weighted by Crippen LogP contribution is -2.17. The van der Waals surface area contributed by atoms with E-state index in [1.807, 2.05) is 63.4 Å². The maximum absolute atomic E-state index is 5.31. The Hall–Kier alpha value is -3.94. The van der Waals surface area contributed by atoms with Crippen molar-refractivity contribution in [2.75, 3.05) is 14.2 Å². The molecule has 0 radical (unpaired) electrons. The van der Waals surface area contributed by atoms with E-state index in [9.17, 15) is 0 Å². The number of H-pyrrole nitrogens is 1. The number of imidazole rings is 1. The number of nitrogens with one attached hydrogen (secondary N) is 2. The Morgan fingerprint density at radius 1 is 1.36 bits per heavy atom. The van der Waals surface area contributed by atoms with Crippen LogP contribution in [0.4, 0.5) is 0 Å². The number of amidine groups is 1.